The van der Waals surface area contributed by atoms with E-state index in [2.05, 4.69) is 15.6 Å². The van der Waals surface area contributed by atoms with Gasteiger partial charge in [0.25, 0.3) is 0 Å². The van der Waals surface area contributed by atoms with Gasteiger partial charge >= 0.3 is 12.1 Å². The maximum atomic E-state index is 13.9. The van der Waals surface area contributed by atoms with Crippen molar-refractivity contribution in [3.05, 3.63) is 41.0 Å². The zero-order valence-corrected chi connectivity index (χ0v) is 25.9. The van der Waals surface area contributed by atoms with Gasteiger partial charge in [-0.2, -0.15) is 0 Å². The number of aromatic nitrogens is 1. The van der Waals surface area contributed by atoms with Gasteiger partial charge < -0.3 is 25.4 Å². The van der Waals surface area contributed by atoms with Gasteiger partial charge in [0.2, 0.25) is 11.8 Å². The molecule has 1 fully saturated rings. The lowest BCUT2D eigenvalue weighted by Crippen LogP contribution is -2.58. The fourth-order valence-electron chi connectivity index (χ4n) is 4.94. The fraction of sp³-hybridized carbons (Fsp3) is 0.567. The van der Waals surface area contributed by atoms with Gasteiger partial charge in [-0.3, -0.25) is 14.4 Å². The van der Waals surface area contributed by atoms with Gasteiger partial charge in [-0.25, -0.2) is 9.78 Å². The first-order valence-corrected chi connectivity index (χ1v) is 14.7. The Morgan fingerprint density at radius 3 is 2.24 bits per heavy atom. The first kappa shape index (κ1) is 32.0. The molecule has 1 aromatic carbocycles. The largest absolute Gasteiger partial charge is 0.481 e. The van der Waals surface area contributed by atoms with Crippen LogP contribution in [0.2, 0.25) is 0 Å². The third-order valence-electron chi connectivity index (χ3n) is 6.99. The lowest BCUT2D eigenvalue weighted by atomic mass is 9.85. The molecule has 1 aliphatic rings. The van der Waals surface area contributed by atoms with E-state index in [-0.39, 0.29) is 31.3 Å². The van der Waals surface area contributed by atoms with Gasteiger partial charge in [0, 0.05) is 13.0 Å². The second-order valence-corrected chi connectivity index (χ2v) is 13.6. The molecule has 1 aliphatic heterocycles. The number of nitrogens with one attached hydrogen (secondary N) is 2. The monoisotopic (exact) mass is 586 g/mol. The fourth-order valence-corrected chi connectivity index (χ4v) is 5.76. The van der Waals surface area contributed by atoms with Crippen LogP contribution in [0.15, 0.2) is 29.8 Å². The Kier molecular flexibility index (Phi) is 9.84. The number of hydrogen-bond acceptors (Lipinski definition) is 7. The Balaban J connectivity index is 1.80. The minimum Gasteiger partial charge on any atom is -0.481 e. The smallest absolute Gasteiger partial charge is 0.408 e. The molecular weight excluding hydrogens is 544 g/mol. The summed E-state index contributed by atoms with van der Waals surface area (Å²) in [4.78, 5) is 58.4. The van der Waals surface area contributed by atoms with E-state index in [1.807, 2.05) is 58.9 Å². The molecule has 11 heteroatoms. The Bertz CT molecular complexity index is 1260. The average Bonchev–Trinajstić information content (AvgIpc) is 3.46. The predicted octanol–water partition coefficient (Wildman–Crippen LogP) is 4.93. The number of carboxylic acids is 1. The maximum absolute atomic E-state index is 13.9. The Morgan fingerprint density at radius 2 is 1.73 bits per heavy atom. The Hall–Kier alpha value is -3.47. The molecular formula is C30H42N4O6S. The molecule has 2 unspecified atom stereocenters. The molecule has 10 nitrogen and oxygen atoms in total. The van der Waals surface area contributed by atoms with Crippen molar-refractivity contribution in [3.63, 3.8) is 0 Å². The molecule has 0 spiro atoms. The number of rotatable bonds is 8. The normalized spacial score (nSPS) is 18.9. The molecule has 0 aliphatic carbocycles. The van der Waals surface area contributed by atoms with E-state index in [4.69, 9.17) is 4.74 Å². The van der Waals surface area contributed by atoms with Crippen LogP contribution >= 0.6 is 11.3 Å². The highest BCUT2D eigenvalue weighted by molar-refractivity contribution is 7.13. The van der Waals surface area contributed by atoms with Crippen LogP contribution in [-0.4, -0.2) is 63.1 Å². The van der Waals surface area contributed by atoms with Crippen LogP contribution in [0.25, 0.3) is 10.4 Å². The number of ether oxygens (including phenoxy) is 1. The summed E-state index contributed by atoms with van der Waals surface area (Å²) >= 11 is 1.57. The van der Waals surface area contributed by atoms with Crippen LogP contribution in [0.5, 0.6) is 0 Å². The third-order valence-corrected chi connectivity index (χ3v) is 7.97. The van der Waals surface area contributed by atoms with Gasteiger partial charge in [0.15, 0.2) is 0 Å². The van der Waals surface area contributed by atoms with Crippen LogP contribution in [0, 0.1) is 18.3 Å². The molecule has 0 saturated carbocycles. The minimum absolute atomic E-state index is 0.100. The number of carboxylic acid groups (broad SMARTS) is 1. The number of benzene rings is 1. The predicted molar refractivity (Wildman–Crippen MR) is 157 cm³/mol. The summed E-state index contributed by atoms with van der Waals surface area (Å²) < 4.78 is 5.38. The van der Waals surface area contributed by atoms with E-state index in [0.717, 1.165) is 21.7 Å². The second kappa shape index (κ2) is 12.6. The molecule has 2 heterocycles. The SMILES string of the molecule is Cc1ncsc1-c1ccc(C(C)NC(=O)[C@@H]2C[C@H](CC(=O)O)CN2C(=O)C(NC(=O)OC(C)(C)C)C(C)(C)C)cc1. The highest BCUT2D eigenvalue weighted by atomic mass is 32.1. The van der Waals surface area contributed by atoms with Crippen LogP contribution < -0.4 is 10.6 Å². The molecule has 3 rings (SSSR count). The first-order valence-electron chi connectivity index (χ1n) is 13.8. The number of carbonyl (C=O) groups is 4. The van der Waals surface area contributed by atoms with E-state index < -0.39 is 47.0 Å². The van der Waals surface area contributed by atoms with Crippen molar-refractivity contribution in [2.24, 2.45) is 11.3 Å². The number of aryl methyl sites for hydroxylation is 1. The first-order chi connectivity index (χ1) is 19.0. The maximum Gasteiger partial charge on any atom is 0.408 e. The number of amides is 3. The zero-order valence-electron chi connectivity index (χ0n) is 25.1. The van der Waals surface area contributed by atoms with Crippen molar-refractivity contribution < 1.29 is 29.0 Å². The highest BCUT2D eigenvalue weighted by Gasteiger charge is 2.45. The van der Waals surface area contributed by atoms with Gasteiger partial charge in [0.05, 0.1) is 22.1 Å². The summed E-state index contributed by atoms with van der Waals surface area (Å²) in [6, 6.07) is 5.66. The summed E-state index contributed by atoms with van der Waals surface area (Å²) in [5.74, 6) is -2.21. The molecule has 3 amide bonds. The molecule has 224 valence electrons. The molecule has 1 aromatic heterocycles. The van der Waals surface area contributed by atoms with E-state index in [0.29, 0.717) is 0 Å². The van der Waals surface area contributed by atoms with Crippen molar-refractivity contribution in [1.82, 2.24) is 20.5 Å². The highest BCUT2D eigenvalue weighted by Crippen LogP contribution is 2.32. The summed E-state index contributed by atoms with van der Waals surface area (Å²) in [5, 5.41) is 15.1. The van der Waals surface area contributed by atoms with Gasteiger partial charge in [0.1, 0.15) is 17.7 Å². The number of likely N-dealkylation sites (tertiary alicyclic amines) is 1. The minimum atomic E-state index is -0.993. The quantitative estimate of drug-likeness (QED) is 0.399. The van der Waals surface area contributed by atoms with Gasteiger partial charge in [-0.1, -0.05) is 45.0 Å². The van der Waals surface area contributed by atoms with E-state index in [1.54, 1.807) is 37.6 Å². The van der Waals surface area contributed by atoms with Gasteiger partial charge in [-0.15, -0.1) is 11.3 Å². The van der Waals surface area contributed by atoms with Crippen LogP contribution in [0.1, 0.15) is 78.6 Å². The Morgan fingerprint density at radius 1 is 1.10 bits per heavy atom. The van der Waals surface area contributed by atoms with Gasteiger partial charge in [-0.05, 0) is 63.5 Å². The van der Waals surface area contributed by atoms with E-state index in [1.165, 1.54) is 4.90 Å². The molecule has 2 aromatic rings. The zero-order chi connectivity index (χ0) is 30.7. The number of thiazole rings is 1. The molecule has 0 bridgehead atoms. The van der Waals surface area contributed by atoms with E-state index in [9.17, 15) is 24.3 Å². The van der Waals surface area contributed by atoms with E-state index >= 15 is 0 Å². The van der Waals surface area contributed by atoms with Crippen molar-refractivity contribution >= 4 is 35.2 Å². The van der Waals surface area contributed by atoms with Crippen LogP contribution in [-0.2, 0) is 19.1 Å². The van der Waals surface area contributed by atoms with Crippen molar-refractivity contribution in [2.75, 3.05) is 6.54 Å². The lowest BCUT2D eigenvalue weighted by Gasteiger charge is -2.36. The van der Waals surface area contributed by atoms with Crippen molar-refractivity contribution in [1.29, 1.82) is 0 Å². The number of nitrogens with zero attached hydrogens (tertiary/aromatic N) is 2. The van der Waals surface area contributed by atoms with Crippen LogP contribution in [0.3, 0.4) is 0 Å². The third kappa shape index (κ3) is 8.51. The number of carbonyl (C=O) groups excluding carboxylic acids is 3. The number of alkyl carbamates (subject to hydrolysis) is 1. The van der Waals surface area contributed by atoms with Crippen molar-refractivity contribution in [2.45, 2.75) is 92.0 Å². The Labute approximate surface area is 245 Å². The standard InChI is InChI=1S/C30H42N4O6S/c1-17(20-9-11-21(12-10-20)24-18(2)31-16-41-24)32-26(37)22-13-19(14-23(35)36)15-34(22)27(38)25(29(3,4)5)33-28(39)40-30(6,7)8/h9-12,16-17,19,22,25H,13-15H2,1-8H3,(H,32,37)(H,33,39)(H,35,36)/t17?,19-,22+,25?/m1/s1. The number of aliphatic carboxylic acids is 1. The topological polar surface area (TPSA) is 138 Å². The lowest BCUT2D eigenvalue weighted by molar-refractivity contribution is -0.142. The average molecular weight is 587 g/mol. The summed E-state index contributed by atoms with van der Waals surface area (Å²) in [7, 11) is 0. The summed E-state index contributed by atoms with van der Waals surface area (Å²) in [6.45, 7) is 14.5. The number of hydrogen-bond donors (Lipinski definition) is 3. The molecule has 1 saturated heterocycles. The van der Waals surface area contributed by atoms with Crippen LogP contribution in [0.4, 0.5) is 4.79 Å². The molecule has 4 atom stereocenters. The van der Waals surface area contributed by atoms with Crippen molar-refractivity contribution in [3.8, 4) is 10.4 Å². The summed E-state index contributed by atoms with van der Waals surface area (Å²) in [5.41, 5.74) is 3.24. The second-order valence-electron chi connectivity index (χ2n) is 12.8. The molecule has 3 N–H and O–H groups in total. The summed E-state index contributed by atoms with van der Waals surface area (Å²) in [6.07, 6.45) is -0.691. The molecule has 41 heavy (non-hydrogen) atoms. The molecule has 0 radical (unpaired) electrons.